The van der Waals surface area contributed by atoms with Gasteiger partial charge in [-0.15, -0.1) is 0 Å². The number of rotatable bonds is 1. The van der Waals surface area contributed by atoms with Crippen molar-refractivity contribution in [1.82, 2.24) is 4.90 Å². The lowest BCUT2D eigenvalue weighted by atomic mass is 10.2. The highest BCUT2D eigenvalue weighted by molar-refractivity contribution is 5.94. The summed E-state index contributed by atoms with van der Waals surface area (Å²) in [4.78, 5) is 13.8. The summed E-state index contributed by atoms with van der Waals surface area (Å²) in [5, 5.41) is 0. The monoisotopic (exact) mass is 207 g/mol. The molecule has 1 aliphatic heterocycles. The molecule has 0 radical (unpaired) electrons. The van der Waals surface area contributed by atoms with Crippen molar-refractivity contribution in [2.75, 3.05) is 6.54 Å². The minimum atomic E-state index is -0.305. The predicted molar refractivity (Wildman–Crippen MR) is 56.1 cm³/mol. The smallest absolute Gasteiger partial charge is 0.254 e. The van der Waals surface area contributed by atoms with Gasteiger partial charge < -0.3 is 4.90 Å². The Labute approximate surface area is 88.7 Å². The Bertz CT molecular complexity index is 360. The molecule has 0 bridgehead atoms. The first-order valence-corrected chi connectivity index (χ1v) is 5.25. The van der Waals surface area contributed by atoms with Gasteiger partial charge in [-0.25, -0.2) is 4.39 Å². The van der Waals surface area contributed by atoms with Gasteiger partial charge in [0.25, 0.3) is 5.91 Å². The minimum Gasteiger partial charge on any atom is -0.336 e. The second kappa shape index (κ2) is 4.01. The fourth-order valence-corrected chi connectivity index (χ4v) is 1.99. The maximum absolute atomic E-state index is 12.7. The molecular formula is C12H14FNO. The Hall–Kier alpha value is -1.38. The molecule has 1 amide bonds. The first-order valence-electron chi connectivity index (χ1n) is 5.25. The Morgan fingerprint density at radius 2 is 2.07 bits per heavy atom. The van der Waals surface area contributed by atoms with Crippen LogP contribution in [0.25, 0.3) is 0 Å². The van der Waals surface area contributed by atoms with Crippen molar-refractivity contribution < 1.29 is 9.18 Å². The van der Waals surface area contributed by atoms with Crippen LogP contribution in [0.1, 0.15) is 30.1 Å². The second-order valence-electron chi connectivity index (χ2n) is 4.00. The number of hydrogen-bond donors (Lipinski definition) is 0. The lowest BCUT2D eigenvalue weighted by molar-refractivity contribution is 0.0747. The molecule has 1 saturated heterocycles. The maximum atomic E-state index is 12.7. The lowest BCUT2D eigenvalue weighted by Gasteiger charge is -2.21. The van der Waals surface area contributed by atoms with Crippen molar-refractivity contribution in [3.63, 3.8) is 0 Å². The average molecular weight is 207 g/mol. The number of benzene rings is 1. The highest BCUT2D eigenvalue weighted by Crippen LogP contribution is 2.19. The molecule has 0 aliphatic carbocycles. The van der Waals surface area contributed by atoms with E-state index < -0.39 is 0 Å². The van der Waals surface area contributed by atoms with E-state index in [-0.39, 0.29) is 11.7 Å². The van der Waals surface area contributed by atoms with Crippen molar-refractivity contribution in [2.24, 2.45) is 0 Å². The van der Waals surface area contributed by atoms with Crippen LogP contribution in [0.4, 0.5) is 4.39 Å². The van der Waals surface area contributed by atoms with Gasteiger partial charge in [0, 0.05) is 18.2 Å². The number of hydrogen-bond acceptors (Lipinski definition) is 1. The van der Waals surface area contributed by atoms with Crippen LogP contribution < -0.4 is 0 Å². The molecule has 2 nitrogen and oxygen atoms in total. The van der Waals surface area contributed by atoms with Crippen LogP contribution in [-0.2, 0) is 0 Å². The van der Waals surface area contributed by atoms with Crippen molar-refractivity contribution in [2.45, 2.75) is 25.8 Å². The largest absolute Gasteiger partial charge is 0.336 e. The SMILES string of the molecule is CC1CCCN1C(=O)c1ccc(F)cc1. The van der Waals surface area contributed by atoms with Crippen molar-refractivity contribution in [3.8, 4) is 0 Å². The molecule has 1 unspecified atom stereocenters. The number of carbonyl (C=O) groups is 1. The van der Waals surface area contributed by atoms with Gasteiger partial charge in [-0.3, -0.25) is 4.79 Å². The van der Waals surface area contributed by atoms with Gasteiger partial charge >= 0.3 is 0 Å². The molecule has 0 spiro atoms. The molecule has 15 heavy (non-hydrogen) atoms. The number of amides is 1. The molecule has 1 aliphatic rings. The molecular weight excluding hydrogens is 193 g/mol. The van der Waals surface area contributed by atoms with E-state index in [2.05, 4.69) is 6.92 Å². The van der Waals surface area contributed by atoms with E-state index in [9.17, 15) is 9.18 Å². The second-order valence-corrected chi connectivity index (χ2v) is 4.00. The summed E-state index contributed by atoms with van der Waals surface area (Å²) < 4.78 is 12.7. The topological polar surface area (TPSA) is 20.3 Å². The quantitative estimate of drug-likeness (QED) is 0.692. The summed E-state index contributed by atoms with van der Waals surface area (Å²) in [6.07, 6.45) is 2.13. The number of carbonyl (C=O) groups excluding carboxylic acids is 1. The molecule has 1 aromatic rings. The molecule has 1 aromatic carbocycles. The molecule has 1 atom stereocenters. The highest BCUT2D eigenvalue weighted by atomic mass is 19.1. The Balaban J connectivity index is 2.17. The summed E-state index contributed by atoms with van der Waals surface area (Å²) in [5.74, 6) is -0.291. The zero-order valence-corrected chi connectivity index (χ0v) is 8.74. The van der Waals surface area contributed by atoms with Crippen molar-refractivity contribution in [3.05, 3.63) is 35.6 Å². The third kappa shape index (κ3) is 2.01. The third-order valence-corrected chi connectivity index (χ3v) is 2.91. The Morgan fingerprint density at radius 1 is 1.40 bits per heavy atom. The summed E-state index contributed by atoms with van der Waals surface area (Å²) >= 11 is 0. The standard InChI is InChI=1S/C12H14FNO/c1-9-3-2-8-14(9)12(15)10-4-6-11(13)7-5-10/h4-7,9H,2-3,8H2,1H3. The van der Waals surface area contributed by atoms with Gasteiger partial charge in [-0.05, 0) is 44.0 Å². The predicted octanol–water partition coefficient (Wildman–Crippen LogP) is 2.45. The first kappa shape index (κ1) is 10.1. The van der Waals surface area contributed by atoms with Crippen LogP contribution in [0.3, 0.4) is 0 Å². The summed E-state index contributed by atoms with van der Waals surface area (Å²) in [6.45, 7) is 2.87. The maximum Gasteiger partial charge on any atom is 0.254 e. The molecule has 3 heteroatoms. The van der Waals surface area contributed by atoms with Crippen molar-refractivity contribution in [1.29, 1.82) is 0 Å². The van der Waals surface area contributed by atoms with E-state index in [4.69, 9.17) is 0 Å². The molecule has 0 saturated carbocycles. The minimum absolute atomic E-state index is 0.0139. The Morgan fingerprint density at radius 3 is 2.60 bits per heavy atom. The summed E-state index contributed by atoms with van der Waals surface area (Å²) in [5.41, 5.74) is 0.574. The normalized spacial score (nSPS) is 20.7. The lowest BCUT2D eigenvalue weighted by Crippen LogP contribution is -2.33. The number of halogens is 1. The zero-order chi connectivity index (χ0) is 10.8. The van der Waals surface area contributed by atoms with Crippen LogP contribution in [0.15, 0.2) is 24.3 Å². The molecule has 0 aromatic heterocycles. The van der Waals surface area contributed by atoms with Gasteiger partial charge in [0.15, 0.2) is 0 Å². The van der Waals surface area contributed by atoms with Crippen LogP contribution in [-0.4, -0.2) is 23.4 Å². The molecule has 1 heterocycles. The van der Waals surface area contributed by atoms with Crippen LogP contribution in [0.5, 0.6) is 0 Å². The fraction of sp³-hybridized carbons (Fsp3) is 0.417. The van der Waals surface area contributed by atoms with Crippen LogP contribution in [0.2, 0.25) is 0 Å². The molecule has 2 rings (SSSR count). The van der Waals surface area contributed by atoms with Gasteiger partial charge in [-0.2, -0.15) is 0 Å². The van der Waals surface area contributed by atoms with Crippen LogP contribution in [0, 0.1) is 5.82 Å². The highest BCUT2D eigenvalue weighted by Gasteiger charge is 2.25. The van der Waals surface area contributed by atoms with Crippen molar-refractivity contribution >= 4 is 5.91 Å². The van der Waals surface area contributed by atoms with E-state index in [1.165, 1.54) is 12.1 Å². The number of nitrogens with zero attached hydrogens (tertiary/aromatic N) is 1. The first-order chi connectivity index (χ1) is 7.18. The van der Waals surface area contributed by atoms with E-state index in [0.29, 0.717) is 11.6 Å². The zero-order valence-electron chi connectivity index (χ0n) is 8.74. The number of likely N-dealkylation sites (tertiary alicyclic amines) is 1. The molecule has 1 fully saturated rings. The Kier molecular flexibility index (Phi) is 2.71. The summed E-state index contributed by atoms with van der Waals surface area (Å²) in [7, 11) is 0. The fourth-order valence-electron chi connectivity index (χ4n) is 1.99. The van der Waals surface area contributed by atoms with Gasteiger partial charge in [-0.1, -0.05) is 0 Å². The van der Waals surface area contributed by atoms with E-state index in [1.807, 2.05) is 4.90 Å². The van der Waals surface area contributed by atoms with Gasteiger partial charge in [0.05, 0.1) is 0 Å². The van der Waals surface area contributed by atoms with E-state index in [0.717, 1.165) is 19.4 Å². The van der Waals surface area contributed by atoms with E-state index >= 15 is 0 Å². The molecule has 0 N–H and O–H groups in total. The van der Waals surface area contributed by atoms with Gasteiger partial charge in [0.1, 0.15) is 5.82 Å². The third-order valence-electron chi connectivity index (χ3n) is 2.91. The van der Waals surface area contributed by atoms with E-state index in [1.54, 1.807) is 12.1 Å². The van der Waals surface area contributed by atoms with Crippen LogP contribution >= 0.6 is 0 Å². The summed E-state index contributed by atoms with van der Waals surface area (Å²) in [6, 6.07) is 6.05. The molecule has 80 valence electrons. The van der Waals surface area contributed by atoms with Gasteiger partial charge in [0.2, 0.25) is 0 Å². The average Bonchev–Trinajstić information content (AvgIpc) is 2.65.